The Balaban J connectivity index is 1.84. The van der Waals surface area contributed by atoms with Gasteiger partial charge in [0.1, 0.15) is 0 Å². The number of rotatable bonds is 3. The van der Waals surface area contributed by atoms with Crippen LogP contribution in [-0.4, -0.2) is 15.7 Å². The molecule has 0 aliphatic carbocycles. The van der Waals surface area contributed by atoms with Crippen LogP contribution in [0.2, 0.25) is 0 Å². The first-order valence-corrected chi connectivity index (χ1v) is 8.08. The zero-order chi connectivity index (χ0) is 15.8. The molecule has 2 aromatic heterocycles. The Bertz CT molecular complexity index is 963. The topological polar surface area (TPSA) is 54.3 Å². The molecule has 0 aliphatic rings. The van der Waals surface area contributed by atoms with E-state index in [9.17, 15) is 4.79 Å². The number of benzene rings is 2. The Labute approximate surface area is 136 Å². The lowest BCUT2D eigenvalue weighted by Crippen LogP contribution is -2.16. The number of aromatic nitrogens is 1. The first kappa shape index (κ1) is 14.0. The molecule has 4 rings (SSSR count). The van der Waals surface area contributed by atoms with Gasteiger partial charge in [0.2, 0.25) is 0 Å². The summed E-state index contributed by atoms with van der Waals surface area (Å²) in [5, 5.41) is 11.2. The van der Waals surface area contributed by atoms with Gasteiger partial charge in [0.05, 0.1) is 11.4 Å². The normalized spacial score (nSPS) is 11.2. The molecule has 2 N–H and O–H groups in total. The summed E-state index contributed by atoms with van der Waals surface area (Å²) < 4.78 is 2.26. The average Bonchev–Trinajstić information content (AvgIpc) is 3.19. The lowest BCUT2D eigenvalue weighted by Gasteiger charge is -2.05. The molecule has 2 heterocycles. The minimum Gasteiger partial charge on any atom is -0.335 e. The maximum atomic E-state index is 11.5. The maximum absolute atomic E-state index is 11.5. The van der Waals surface area contributed by atoms with Gasteiger partial charge in [-0.1, -0.05) is 36.4 Å². The molecule has 0 spiro atoms. The number of fused-ring (bicyclic) bond motifs is 3. The van der Waals surface area contributed by atoms with E-state index in [-0.39, 0.29) is 0 Å². The molecule has 0 aliphatic heterocycles. The van der Waals surface area contributed by atoms with E-state index in [0.29, 0.717) is 11.4 Å². The Morgan fingerprint density at radius 1 is 0.957 bits per heavy atom. The summed E-state index contributed by atoms with van der Waals surface area (Å²) in [5.74, 6) is -0.469. The highest BCUT2D eigenvalue weighted by Gasteiger charge is 2.12. The van der Waals surface area contributed by atoms with E-state index in [2.05, 4.69) is 28.8 Å². The van der Waals surface area contributed by atoms with Gasteiger partial charge in [0.25, 0.3) is 5.91 Å². The Kier molecular flexibility index (Phi) is 3.37. The van der Waals surface area contributed by atoms with Crippen molar-refractivity contribution in [3.05, 3.63) is 70.4 Å². The fourth-order valence-electron chi connectivity index (χ4n) is 2.97. The molecule has 4 nitrogen and oxygen atoms in total. The molecule has 114 valence electrons. The summed E-state index contributed by atoms with van der Waals surface area (Å²) in [5.41, 5.74) is 4.03. The van der Waals surface area contributed by atoms with Crippen LogP contribution in [0.4, 0.5) is 0 Å². The van der Waals surface area contributed by atoms with Crippen LogP contribution < -0.4 is 5.48 Å². The van der Waals surface area contributed by atoms with Crippen molar-refractivity contribution in [3.8, 4) is 0 Å². The van der Waals surface area contributed by atoms with E-state index in [0.717, 1.165) is 4.88 Å². The minimum absolute atomic E-state index is 0.469. The third-order valence-electron chi connectivity index (χ3n) is 3.98. The SMILES string of the molecule is O=C(NO)c1ccc(Cn2c3ccccc3c3ccccc32)s1. The van der Waals surface area contributed by atoms with Crippen molar-refractivity contribution in [3.63, 3.8) is 0 Å². The quantitative estimate of drug-likeness (QED) is 0.442. The minimum atomic E-state index is -0.469. The van der Waals surface area contributed by atoms with Gasteiger partial charge >= 0.3 is 0 Å². The molecule has 0 bridgehead atoms. The molecule has 23 heavy (non-hydrogen) atoms. The van der Waals surface area contributed by atoms with Crippen LogP contribution in [0, 0.1) is 0 Å². The third-order valence-corrected chi connectivity index (χ3v) is 5.05. The molecule has 2 aromatic carbocycles. The number of hydroxylamine groups is 1. The van der Waals surface area contributed by atoms with Crippen molar-refractivity contribution in [2.75, 3.05) is 0 Å². The molecule has 0 saturated heterocycles. The summed E-state index contributed by atoms with van der Waals surface area (Å²) in [6.45, 7) is 0.692. The van der Waals surface area contributed by atoms with Gasteiger partial charge in [-0.2, -0.15) is 0 Å². The second-order valence-electron chi connectivity index (χ2n) is 5.33. The van der Waals surface area contributed by atoms with Gasteiger partial charge in [0.15, 0.2) is 0 Å². The summed E-state index contributed by atoms with van der Waals surface area (Å²) in [6, 6.07) is 20.3. The van der Waals surface area contributed by atoms with Crippen molar-refractivity contribution in [1.82, 2.24) is 10.0 Å². The predicted molar refractivity (Wildman–Crippen MR) is 92.1 cm³/mol. The maximum Gasteiger partial charge on any atom is 0.284 e. The van der Waals surface area contributed by atoms with Crippen LogP contribution in [0.5, 0.6) is 0 Å². The summed E-state index contributed by atoms with van der Waals surface area (Å²) >= 11 is 1.39. The summed E-state index contributed by atoms with van der Waals surface area (Å²) in [4.78, 5) is 13.1. The standard InChI is InChI=1S/C18H14N2O2S/c21-18(19-22)17-10-9-12(23-17)11-20-15-7-3-1-5-13(15)14-6-2-4-8-16(14)20/h1-10,22H,11H2,(H,19,21). The molecule has 4 aromatic rings. The fraction of sp³-hybridized carbons (Fsp3) is 0.0556. The average molecular weight is 322 g/mol. The van der Waals surface area contributed by atoms with Crippen LogP contribution >= 0.6 is 11.3 Å². The van der Waals surface area contributed by atoms with E-state index in [1.807, 2.05) is 30.3 Å². The highest BCUT2D eigenvalue weighted by Crippen LogP contribution is 2.30. The van der Waals surface area contributed by atoms with Crippen LogP contribution in [0.3, 0.4) is 0 Å². The van der Waals surface area contributed by atoms with Crippen LogP contribution in [0.25, 0.3) is 21.8 Å². The number of carbonyl (C=O) groups is 1. The van der Waals surface area contributed by atoms with Crippen LogP contribution in [0.1, 0.15) is 14.5 Å². The van der Waals surface area contributed by atoms with E-state index >= 15 is 0 Å². The highest BCUT2D eigenvalue weighted by molar-refractivity contribution is 7.14. The van der Waals surface area contributed by atoms with E-state index in [1.165, 1.54) is 33.1 Å². The number of hydrogen-bond donors (Lipinski definition) is 2. The lowest BCUT2D eigenvalue weighted by molar-refractivity contribution is 0.0711. The van der Waals surface area contributed by atoms with Gasteiger partial charge in [-0.15, -0.1) is 11.3 Å². The smallest absolute Gasteiger partial charge is 0.284 e. The Morgan fingerprint density at radius 2 is 1.57 bits per heavy atom. The highest BCUT2D eigenvalue weighted by atomic mass is 32.1. The molecular weight excluding hydrogens is 308 g/mol. The van der Waals surface area contributed by atoms with Crippen molar-refractivity contribution in [2.45, 2.75) is 6.54 Å². The first-order chi connectivity index (χ1) is 11.3. The third kappa shape index (κ3) is 2.30. The van der Waals surface area contributed by atoms with Gasteiger partial charge < -0.3 is 4.57 Å². The first-order valence-electron chi connectivity index (χ1n) is 7.27. The monoisotopic (exact) mass is 322 g/mol. The zero-order valence-electron chi connectivity index (χ0n) is 12.2. The Morgan fingerprint density at radius 3 is 2.17 bits per heavy atom. The Hall–Kier alpha value is -2.63. The number of nitrogens with one attached hydrogen (secondary N) is 1. The predicted octanol–water partition coefficient (Wildman–Crippen LogP) is 4.02. The van der Waals surface area contributed by atoms with E-state index in [4.69, 9.17) is 5.21 Å². The number of amides is 1. The zero-order valence-corrected chi connectivity index (χ0v) is 13.0. The molecule has 5 heteroatoms. The molecule has 1 amide bonds. The van der Waals surface area contributed by atoms with Gasteiger partial charge in [-0.25, -0.2) is 5.48 Å². The molecule has 0 radical (unpaired) electrons. The van der Waals surface area contributed by atoms with Crippen molar-refractivity contribution >= 4 is 39.0 Å². The van der Waals surface area contributed by atoms with Gasteiger partial charge in [0, 0.05) is 26.7 Å². The van der Waals surface area contributed by atoms with Crippen molar-refractivity contribution in [1.29, 1.82) is 0 Å². The van der Waals surface area contributed by atoms with Crippen LogP contribution in [0.15, 0.2) is 60.7 Å². The van der Waals surface area contributed by atoms with Crippen molar-refractivity contribution < 1.29 is 10.0 Å². The number of hydrogen-bond acceptors (Lipinski definition) is 3. The number of para-hydroxylation sites is 2. The number of nitrogens with zero attached hydrogens (tertiary/aromatic N) is 1. The summed E-state index contributed by atoms with van der Waals surface area (Å²) in [6.07, 6.45) is 0. The number of thiophene rings is 1. The van der Waals surface area contributed by atoms with Gasteiger partial charge in [-0.05, 0) is 24.3 Å². The van der Waals surface area contributed by atoms with E-state index in [1.54, 1.807) is 11.5 Å². The second kappa shape index (κ2) is 5.53. The molecule has 0 unspecified atom stereocenters. The molecule has 0 saturated carbocycles. The lowest BCUT2D eigenvalue weighted by atomic mass is 10.2. The fourth-order valence-corrected chi connectivity index (χ4v) is 3.86. The van der Waals surface area contributed by atoms with Gasteiger partial charge in [-0.3, -0.25) is 10.0 Å². The number of carbonyl (C=O) groups excluding carboxylic acids is 1. The largest absolute Gasteiger partial charge is 0.335 e. The van der Waals surface area contributed by atoms with E-state index < -0.39 is 5.91 Å². The molecular formula is C18H14N2O2S. The molecule has 0 atom stereocenters. The van der Waals surface area contributed by atoms with Crippen LogP contribution in [-0.2, 0) is 6.54 Å². The molecule has 0 fully saturated rings. The second-order valence-corrected chi connectivity index (χ2v) is 6.50. The van der Waals surface area contributed by atoms with Crippen molar-refractivity contribution in [2.24, 2.45) is 0 Å². The summed E-state index contributed by atoms with van der Waals surface area (Å²) in [7, 11) is 0.